The molecule has 0 saturated carbocycles. The van der Waals surface area contributed by atoms with E-state index in [1.165, 1.54) is 6.08 Å². The molecule has 1 rings (SSSR count). The number of carbonyl (C=O) groups is 2. The predicted octanol–water partition coefficient (Wildman–Crippen LogP) is 2.16. The first-order chi connectivity index (χ1) is 10.9. The normalized spacial score (nSPS) is 10.8. The number of benzene rings is 1. The number of nitrogens with two attached hydrogens (primary N) is 1. The molecule has 0 bridgehead atoms. The van der Waals surface area contributed by atoms with Crippen LogP contribution in [-0.2, 0) is 14.3 Å². The molecule has 1 amide bonds. The fourth-order valence-electron chi connectivity index (χ4n) is 1.63. The Morgan fingerprint density at radius 3 is 2.57 bits per heavy atom. The first-order valence-electron chi connectivity index (χ1n) is 7.45. The lowest BCUT2D eigenvalue weighted by molar-refractivity contribution is -0.142. The Labute approximate surface area is 136 Å². The number of hydrogen-bond donors (Lipinski definition) is 1. The van der Waals surface area contributed by atoms with Gasteiger partial charge in [-0.3, -0.25) is 4.79 Å². The van der Waals surface area contributed by atoms with Crippen LogP contribution in [0, 0.1) is 5.92 Å². The van der Waals surface area contributed by atoms with Crippen molar-refractivity contribution in [2.24, 2.45) is 11.7 Å². The van der Waals surface area contributed by atoms with Crippen LogP contribution in [0.4, 0.5) is 0 Å². The quantitative estimate of drug-likeness (QED) is 0.556. The highest BCUT2D eigenvalue weighted by Crippen LogP contribution is 2.29. The Morgan fingerprint density at radius 1 is 1.22 bits per heavy atom. The summed E-state index contributed by atoms with van der Waals surface area (Å²) in [4.78, 5) is 21.9. The minimum Gasteiger partial charge on any atom is -0.490 e. The average Bonchev–Trinajstić information content (AvgIpc) is 2.50. The standard InChI is InChI=1S/C17H23NO5/c1-4-21-15-9-13(5-7-14(15)22-10-12(2)3)6-8-17(20)23-11-16(18)19/h5-9,12H,4,10-11H2,1-3H3,(H2,18,19)/b8-6+. The Hall–Kier alpha value is -2.50. The maximum Gasteiger partial charge on any atom is 0.331 e. The van der Waals surface area contributed by atoms with E-state index in [0.717, 1.165) is 5.56 Å². The molecule has 23 heavy (non-hydrogen) atoms. The van der Waals surface area contributed by atoms with Crippen LogP contribution in [0.25, 0.3) is 6.08 Å². The zero-order valence-corrected chi connectivity index (χ0v) is 13.7. The third kappa shape index (κ3) is 7.35. The smallest absolute Gasteiger partial charge is 0.331 e. The number of amides is 1. The van der Waals surface area contributed by atoms with Gasteiger partial charge >= 0.3 is 5.97 Å². The van der Waals surface area contributed by atoms with Gasteiger partial charge in [-0.25, -0.2) is 4.79 Å². The van der Waals surface area contributed by atoms with Crippen LogP contribution < -0.4 is 15.2 Å². The highest BCUT2D eigenvalue weighted by Gasteiger charge is 2.07. The predicted molar refractivity (Wildman–Crippen MR) is 87.1 cm³/mol. The Bertz CT molecular complexity index is 566. The number of hydrogen-bond acceptors (Lipinski definition) is 5. The van der Waals surface area contributed by atoms with E-state index in [9.17, 15) is 9.59 Å². The van der Waals surface area contributed by atoms with Crippen molar-refractivity contribution in [3.8, 4) is 11.5 Å². The van der Waals surface area contributed by atoms with Gasteiger partial charge in [-0.1, -0.05) is 19.9 Å². The Kier molecular flexibility index (Phi) is 7.66. The van der Waals surface area contributed by atoms with Gasteiger partial charge in [0, 0.05) is 6.08 Å². The molecule has 0 aliphatic heterocycles. The second-order valence-electron chi connectivity index (χ2n) is 5.25. The van der Waals surface area contributed by atoms with Crippen LogP contribution in [0.1, 0.15) is 26.3 Å². The summed E-state index contributed by atoms with van der Waals surface area (Å²) in [7, 11) is 0. The molecular formula is C17H23NO5. The lowest BCUT2D eigenvalue weighted by Gasteiger charge is -2.14. The van der Waals surface area contributed by atoms with E-state index in [1.54, 1.807) is 24.3 Å². The number of primary amides is 1. The fourth-order valence-corrected chi connectivity index (χ4v) is 1.63. The molecule has 0 heterocycles. The van der Waals surface area contributed by atoms with Gasteiger partial charge in [-0.15, -0.1) is 0 Å². The van der Waals surface area contributed by atoms with Crippen molar-refractivity contribution in [3.63, 3.8) is 0 Å². The zero-order valence-electron chi connectivity index (χ0n) is 13.7. The zero-order chi connectivity index (χ0) is 17.2. The first kappa shape index (κ1) is 18.5. The van der Waals surface area contributed by atoms with E-state index in [0.29, 0.717) is 30.6 Å². The Balaban J connectivity index is 2.77. The lowest BCUT2D eigenvalue weighted by Crippen LogP contribution is -2.19. The molecule has 0 unspecified atom stereocenters. The van der Waals surface area contributed by atoms with Crippen molar-refractivity contribution in [2.45, 2.75) is 20.8 Å². The first-order valence-corrected chi connectivity index (χ1v) is 7.45. The SMILES string of the molecule is CCOc1cc(/C=C/C(=O)OCC(N)=O)ccc1OCC(C)C. The summed E-state index contributed by atoms with van der Waals surface area (Å²) >= 11 is 0. The molecule has 2 N–H and O–H groups in total. The molecule has 0 saturated heterocycles. The van der Waals surface area contributed by atoms with E-state index in [-0.39, 0.29) is 0 Å². The summed E-state index contributed by atoms with van der Waals surface area (Å²) < 4.78 is 15.9. The lowest BCUT2D eigenvalue weighted by atomic mass is 10.2. The largest absolute Gasteiger partial charge is 0.490 e. The van der Waals surface area contributed by atoms with Crippen molar-refractivity contribution in [1.29, 1.82) is 0 Å². The maximum absolute atomic E-state index is 11.4. The molecule has 0 spiro atoms. The highest BCUT2D eigenvalue weighted by molar-refractivity contribution is 5.89. The second kappa shape index (κ2) is 9.50. The summed E-state index contributed by atoms with van der Waals surface area (Å²) in [6, 6.07) is 5.37. The van der Waals surface area contributed by atoms with Crippen LogP contribution in [0.5, 0.6) is 11.5 Å². The highest BCUT2D eigenvalue weighted by atomic mass is 16.5. The van der Waals surface area contributed by atoms with E-state index >= 15 is 0 Å². The second-order valence-corrected chi connectivity index (χ2v) is 5.25. The average molecular weight is 321 g/mol. The van der Waals surface area contributed by atoms with Crippen molar-refractivity contribution >= 4 is 18.0 Å². The molecule has 0 atom stereocenters. The molecular weight excluding hydrogens is 298 g/mol. The van der Waals surface area contributed by atoms with E-state index in [2.05, 4.69) is 18.6 Å². The van der Waals surface area contributed by atoms with Crippen LogP contribution in [0.2, 0.25) is 0 Å². The molecule has 0 aliphatic carbocycles. The monoisotopic (exact) mass is 321 g/mol. The molecule has 126 valence electrons. The van der Waals surface area contributed by atoms with Gasteiger partial charge in [0.15, 0.2) is 18.1 Å². The number of rotatable bonds is 9. The van der Waals surface area contributed by atoms with Gasteiger partial charge in [-0.05, 0) is 36.6 Å². The summed E-state index contributed by atoms with van der Waals surface area (Å²) in [6.07, 6.45) is 2.79. The van der Waals surface area contributed by atoms with Gasteiger partial charge in [0.25, 0.3) is 5.91 Å². The third-order valence-corrected chi connectivity index (χ3v) is 2.61. The van der Waals surface area contributed by atoms with Gasteiger partial charge in [0.05, 0.1) is 13.2 Å². The third-order valence-electron chi connectivity index (χ3n) is 2.61. The van der Waals surface area contributed by atoms with Crippen LogP contribution >= 0.6 is 0 Å². The molecule has 1 aromatic carbocycles. The molecule has 6 nitrogen and oxygen atoms in total. The van der Waals surface area contributed by atoms with Gasteiger partial charge in [0.2, 0.25) is 0 Å². The summed E-state index contributed by atoms with van der Waals surface area (Å²) in [5.41, 5.74) is 5.65. The number of ether oxygens (including phenoxy) is 3. The van der Waals surface area contributed by atoms with Crippen molar-refractivity contribution in [3.05, 3.63) is 29.8 Å². The topological polar surface area (TPSA) is 87.9 Å². The minimum absolute atomic E-state index is 0.407. The number of carbonyl (C=O) groups excluding carboxylic acids is 2. The Morgan fingerprint density at radius 2 is 1.96 bits per heavy atom. The number of esters is 1. The van der Waals surface area contributed by atoms with E-state index < -0.39 is 18.5 Å². The summed E-state index contributed by atoms with van der Waals surface area (Å²) in [5.74, 6) is 0.345. The van der Waals surface area contributed by atoms with Crippen LogP contribution in [-0.4, -0.2) is 31.7 Å². The summed E-state index contributed by atoms with van der Waals surface area (Å²) in [6.45, 7) is 6.68. The maximum atomic E-state index is 11.4. The van der Waals surface area contributed by atoms with E-state index in [1.807, 2.05) is 6.92 Å². The van der Waals surface area contributed by atoms with Crippen molar-refractivity contribution < 1.29 is 23.8 Å². The molecule has 1 aromatic rings. The van der Waals surface area contributed by atoms with Crippen LogP contribution in [0.15, 0.2) is 24.3 Å². The minimum atomic E-state index is -0.697. The van der Waals surface area contributed by atoms with Gasteiger partial charge in [-0.2, -0.15) is 0 Å². The van der Waals surface area contributed by atoms with Gasteiger partial charge < -0.3 is 19.9 Å². The molecule has 0 aromatic heterocycles. The van der Waals surface area contributed by atoms with E-state index in [4.69, 9.17) is 15.2 Å². The molecule has 0 fully saturated rings. The molecule has 0 radical (unpaired) electrons. The summed E-state index contributed by atoms with van der Waals surface area (Å²) in [5, 5.41) is 0. The van der Waals surface area contributed by atoms with Gasteiger partial charge in [0.1, 0.15) is 0 Å². The van der Waals surface area contributed by atoms with Crippen molar-refractivity contribution in [2.75, 3.05) is 19.8 Å². The fraction of sp³-hybridized carbons (Fsp3) is 0.412. The molecule has 0 aliphatic rings. The molecule has 6 heteroatoms. The van der Waals surface area contributed by atoms with Crippen LogP contribution in [0.3, 0.4) is 0 Å². The van der Waals surface area contributed by atoms with Crippen molar-refractivity contribution in [1.82, 2.24) is 0 Å².